The summed E-state index contributed by atoms with van der Waals surface area (Å²) in [6, 6.07) is -0.647. The zero-order valence-corrected chi connectivity index (χ0v) is 15.1. The number of nitrogens with one attached hydrogen (secondary N) is 3. The molecule has 1 aromatic heterocycles. The minimum Gasteiger partial charge on any atom is -0.350 e. The van der Waals surface area contributed by atoms with Gasteiger partial charge >= 0.3 is 0 Å². The first-order chi connectivity index (χ1) is 10.3. The molecule has 132 valence electrons. The Labute approximate surface area is 142 Å². The number of aryl methyl sites for hydroxylation is 1. The van der Waals surface area contributed by atoms with Crippen LogP contribution in [0, 0.1) is 0 Å². The number of carbonyl (C=O) groups is 1. The third-order valence-electron chi connectivity index (χ3n) is 3.81. The summed E-state index contributed by atoms with van der Waals surface area (Å²) in [5, 5.41) is 10.0. The summed E-state index contributed by atoms with van der Waals surface area (Å²) in [5.41, 5.74) is 0. The summed E-state index contributed by atoms with van der Waals surface area (Å²) >= 11 is 0. The van der Waals surface area contributed by atoms with Gasteiger partial charge in [0, 0.05) is 25.3 Å². The Morgan fingerprint density at radius 2 is 2.22 bits per heavy atom. The van der Waals surface area contributed by atoms with Crippen molar-refractivity contribution in [1.29, 1.82) is 0 Å². The zero-order valence-electron chi connectivity index (χ0n) is 13.4. The molecule has 3 unspecified atom stereocenters. The van der Waals surface area contributed by atoms with Crippen LogP contribution in [0.5, 0.6) is 0 Å². The van der Waals surface area contributed by atoms with Crippen LogP contribution >= 0.6 is 12.4 Å². The quantitative estimate of drug-likeness (QED) is 0.668. The minimum absolute atomic E-state index is 0. The fourth-order valence-corrected chi connectivity index (χ4v) is 3.63. The van der Waals surface area contributed by atoms with Crippen LogP contribution in [-0.2, 0) is 21.9 Å². The summed E-state index contributed by atoms with van der Waals surface area (Å²) in [7, 11) is -2.12. The Balaban J connectivity index is 0.00000264. The average molecular weight is 366 g/mol. The van der Waals surface area contributed by atoms with Crippen LogP contribution in [0.1, 0.15) is 26.7 Å². The van der Waals surface area contributed by atoms with Gasteiger partial charge in [-0.05, 0) is 33.2 Å². The zero-order chi connectivity index (χ0) is 16.3. The second-order valence-electron chi connectivity index (χ2n) is 5.69. The smallest absolute Gasteiger partial charge is 0.244 e. The van der Waals surface area contributed by atoms with Crippen molar-refractivity contribution in [1.82, 2.24) is 25.1 Å². The lowest BCUT2D eigenvalue weighted by Crippen LogP contribution is -2.55. The van der Waals surface area contributed by atoms with Gasteiger partial charge in [-0.2, -0.15) is 9.82 Å². The second kappa shape index (κ2) is 8.09. The fourth-order valence-electron chi connectivity index (χ4n) is 2.44. The lowest BCUT2D eigenvalue weighted by atomic mass is 9.99. The predicted octanol–water partition coefficient (Wildman–Crippen LogP) is -0.235. The van der Waals surface area contributed by atoms with Gasteiger partial charge < -0.3 is 10.6 Å². The molecule has 1 aliphatic rings. The largest absolute Gasteiger partial charge is 0.350 e. The van der Waals surface area contributed by atoms with E-state index in [1.807, 2.05) is 6.92 Å². The van der Waals surface area contributed by atoms with Gasteiger partial charge in [0.2, 0.25) is 15.9 Å². The van der Waals surface area contributed by atoms with Gasteiger partial charge in [0.25, 0.3) is 0 Å². The van der Waals surface area contributed by atoms with Crippen molar-refractivity contribution in [2.24, 2.45) is 7.05 Å². The molecule has 0 spiro atoms. The molecule has 0 aromatic carbocycles. The van der Waals surface area contributed by atoms with Crippen molar-refractivity contribution in [3.63, 3.8) is 0 Å². The Bertz CT molecular complexity index is 633. The highest BCUT2D eigenvalue weighted by atomic mass is 35.5. The van der Waals surface area contributed by atoms with Gasteiger partial charge in [0.1, 0.15) is 4.90 Å². The Morgan fingerprint density at radius 3 is 2.78 bits per heavy atom. The molecule has 0 saturated carbocycles. The first kappa shape index (κ1) is 19.9. The lowest BCUT2D eigenvalue weighted by molar-refractivity contribution is -0.123. The Kier molecular flexibility index (Phi) is 7.00. The number of amides is 1. The summed E-state index contributed by atoms with van der Waals surface area (Å²) < 4.78 is 28.1. The van der Waals surface area contributed by atoms with Crippen molar-refractivity contribution in [2.75, 3.05) is 6.54 Å². The molecule has 3 atom stereocenters. The van der Waals surface area contributed by atoms with E-state index in [4.69, 9.17) is 0 Å². The number of rotatable bonds is 5. The van der Waals surface area contributed by atoms with Crippen molar-refractivity contribution in [2.45, 2.75) is 49.7 Å². The maximum absolute atomic E-state index is 12.2. The highest BCUT2D eigenvalue weighted by Crippen LogP contribution is 2.10. The average Bonchev–Trinajstić information content (AvgIpc) is 2.88. The first-order valence-electron chi connectivity index (χ1n) is 7.34. The molecule has 1 amide bonds. The van der Waals surface area contributed by atoms with Crippen LogP contribution < -0.4 is 15.4 Å². The maximum atomic E-state index is 12.2. The summed E-state index contributed by atoms with van der Waals surface area (Å²) in [4.78, 5) is 12.2. The van der Waals surface area contributed by atoms with E-state index in [2.05, 4.69) is 20.5 Å². The highest BCUT2D eigenvalue weighted by molar-refractivity contribution is 7.89. The molecule has 0 radical (unpaired) electrons. The number of piperidine rings is 1. The molecule has 2 heterocycles. The number of nitrogens with zero attached hydrogens (tertiary/aromatic N) is 2. The van der Waals surface area contributed by atoms with E-state index >= 15 is 0 Å². The summed E-state index contributed by atoms with van der Waals surface area (Å²) in [6.07, 6.45) is 4.52. The lowest BCUT2D eigenvalue weighted by Gasteiger charge is -2.31. The van der Waals surface area contributed by atoms with E-state index in [0.29, 0.717) is 0 Å². The van der Waals surface area contributed by atoms with Crippen molar-refractivity contribution >= 4 is 28.3 Å². The topological polar surface area (TPSA) is 105 Å². The van der Waals surface area contributed by atoms with Gasteiger partial charge in [-0.25, -0.2) is 8.42 Å². The molecule has 2 rings (SSSR count). The van der Waals surface area contributed by atoms with Crippen molar-refractivity contribution in [3.05, 3.63) is 12.4 Å². The van der Waals surface area contributed by atoms with Crippen molar-refractivity contribution in [3.8, 4) is 0 Å². The van der Waals surface area contributed by atoms with E-state index in [-0.39, 0.29) is 35.3 Å². The van der Waals surface area contributed by atoms with E-state index in [9.17, 15) is 13.2 Å². The molecule has 1 aromatic rings. The number of sulfonamides is 1. The van der Waals surface area contributed by atoms with Gasteiger partial charge in [-0.15, -0.1) is 12.4 Å². The number of halogens is 1. The number of hydrogen-bond donors (Lipinski definition) is 3. The third-order valence-corrected chi connectivity index (χ3v) is 5.30. The SMILES string of the molecule is CC(NS(=O)(=O)c1cnn(C)c1)C(=O)NC1CCCNC1C.Cl. The molecule has 1 saturated heterocycles. The van der Waals surface area contributed by atoms with Crippen LogP contribution in [0.2, 0.25) is 0 Å². The summed E-state index contributed by atoms with van der Waals surface area (Å²) in [5.74, 6) is -0.326. The van der Waals surface area contributed by atoms with Gasteiger partial charge in [-0.1, -0.05) is 0 Å². The molecule has 1 fully saturated rings. The molecule has 0 aliphatic carbocycles. The Hall–Kier alpha value is -1.16. The number of hydrogen-bond acceptors (Lipinski definition) is 5. The predicted molar refractivity (Wildman–Crippen MR) is 88.9 cm³/mol. The van der Waals surface area contributed by atoms with Crippen LogP contribution in [0.15, 0.2) is 17.3 Å². The molecule has 10 heteroatoms. The molecule has 23 heavy (non-hydrogen) atoms. The standard InChI is InChI=1S/C13H23N5O3S.ClH/c1-9-12(5-4-6-14-9)16-13(19)10(2)17-22(20,21)11-7-15-18(3)8-11;/h7-10,12,14,17H,4-6H2,1-3H3,(H,16,19);1H. The molecule has 8 nitrogen and oxygen atoms in total. The van der Waals surface area contributed by atoms with Crippen LogP contribution in [0.25, 0.3) is 0 Å². The van der Waals surface area contributed by atoms with E-state index in [1.54, 1.807) is 7.05 Å². The Morgan fingerprint density at radius 1 is 1.52 bits per heavy atom. The van der Waals surface area contributed by atoms with E-state index < -0.39 is 16.1 Å². The van der Waals surface area contributed by atoms with Gasteiger partial charge in [0.05, 0.1) is 12.2 Å². The van der Waals surface area contributed by atoms with Gasteiger partial charge in [-0.3, -0.25) is 9.48 Å². The molecular weight excluding hydrogens is 342 g/mol. The van der Waals surface area contributed by atoms with Crippen LogP contribution in [0.4, 0.5) is 0 Å². The second-order valence-corrected chi connectivity index (χ2v) is 7.41. The van der Waals surface area contributed by atoms with Crippen LogP contribution in [0.3, 0.4) is 0 Å². The molecule has 3 N–H and O–H groups in total. The minimum atomic E-state index is -3.75. The molecule has 1 aliphatic heterocycles. The molecular formula is C13H24ClN5O3S. The van der Waals surface area contributed by atoms with Crippen LogP contribution in [-0.4, -0.2) is 48.8 Å². The monoisotopic (exact) mass is 365 g/mol. The highest BCUT2D eigenvalue weighted by Gasteiger charge is 2.27. The fraction of sp³-hybridized carbons (Fsp3) is 0.692. The summed E-state index contributed by atoms with van der Waals surface area (Å²) in [6.45, 7) is 4.48. The van der Waals surface area contributed by atoms with E-state index in [1.165, 1.54) is 24.0 Å². The first-order valence-corrected chi connectivity index (χ1v) is 8.82. The number of aromatic nitrogens is 2. The normalized spacial score (nSPS) is 22.9. The maximum Gasteiger partial charge on any atom is 0.244 e. The third kappa shape index (κ3) is 5.17. The van der Waals surface area contributed by atoms with Gasteiger partial charge in [0.15, 0.2) is 0 Å². The number of carbonyl (C=O) groups excluding carboxylic acids is 1. The van der Waals surface area contributed by atoms with Crippen molar-refractivity contribution < 1.29 is 13.2 Å². The molecule has 0 bridgehead atoms. The van der Waals surface area contributed by atoms with E-state index in [0.717, 1.165) is 19.4 Å².